The molecule has 0 unspecified atom stereocenters. The summed E-state index contributed by atoms with van der Waals surface area (Å²) in [5.41, 5.74) is 5.73. The van der Waals surface area contributed by atoms with Gasteiger partial charge in [0.1, 0.15) is 11.6 Å². The monoisotopic (exact) mass is 462 g/mol. The first-order chi connectivity index (χ1) is 14.6. The highest BCUT2D eigenvalue weighted by Crippen LogP contribution is 2.31. The standard InChI is InChI=1S/C23H16BrFN4O/c24-17-11-9-15(10-12-17)20-13-21(18-6-2-4-8-22(18)30)28-23(27-20)29-26-14-16-5-1-3-7-19(16)25/h1-14,30H,(H,27,28,29)/b26-14+. The van der Waals surface area contributed by atoms with Crippen LogP contribution in [0.3, 0.4) is 0 Å². The first-order valence-electron chi connectivity index (χ1n) is 9.07. The van der Waals surface area contributed by atoms with Crippen molar-refractivity contribution >= 4 is 28.1 Å². The van der Waals surface area contributed by atoms with E-state index < -0.39 is 0 Å². The van der Waals surface area contributed by atoms with Crippen LogP contribution in [-0.4, -0.2) is 21.3 Å². The third-order valence-corrected chi connectivity index (χ3v) is 4.85. The van der Waals surface area contributed by atoms with Crippen LogP contribution in [0.15, 0.2) is 88.4 Å². The van der Waals surface area contributed by atoms with Gasteiger partial charge >= 0.3 is 0 Å². The minimum atomic E-state index is -0.373. The van der Waals surface area contributed by atoms with Gasteiger partial charge in [-0.25, -0.2) is 19.8 Å². The molecule has 5 nitrogen and oxygen atoms in total. The van der Waals surface area contributed by atoms with E-state index in [1.807, 2.05) is 30.3 Å². The molecule has 0 saturated carbocycles. The largest absolute Gasteiger partial charge is 0.507 e. The Morgan fingerprint density at radius 3 is 2.37 bits per heavy atom. The number of nitrogens with one attached hydrogen (secondary N) is 1. The maximum absolute atomic E-state index is 13.8. The van der Waals surface area contributed by atoms with Gasteiger partial charge < -0.3 is 5.11 Å². The molecule has 4 rings (SSSR count). The lowest BCUT2D eigenvalue weighted by Crippen LogP contribution is -2.01. The molecule has 1 heterocycles. The molecular weight excluding hydrogens is 447 g/mol. The molecule has 3 aromatic carbocycles. The smallest absolute Gasteiger partial charge is 0.244 e. The first-order valence-corrected chi connectivity index (χ1v) is 9.86. The number of hydrazone groups is 1. The molecule has 0 spiro atoms. The number of anilines is 1. The summed E-state index contributed by atoms with van der Waals surface area (Å²) in [5.74, 6) is -0.0393. The maximum Gasteiger partial charge on any atom is 0.244 e. The van der Waals surface area contributed by atoms with Crippen molar-refractivity contribution in [3.05, 3.63) is 94.7 Å². The summed E-state index contributed by atoms with van der Waals surface area (Å²) in [7, 11) is 0. The Hall–Kier alpha value is -3.58. The molecule has 0 amide bonds. The van der Waals surface area contributed by atoms with Gasteiger partial charge in [0.2, 0.25) is 5.95 Å². The summed E-state index contributed by atoms with van der Waals surface area (Å²) in [6, 6.07) is 22.7. The first kappa shape index (κ1) is 19.7. The van der Waals surface area contributed by atoms with Crippen LogP contribution in [-0.2, 0) is 0 Å². The summed E-state index contributed by atoms with van der Waals surface area (Å²) < 4.78 is 14.7. The minimum Gasteiger partial charge on any atom is -0.507 e. The number of halogens is 2. The van der Waals surface area contributed by atoms with Gasteiger partial charge in [-0.2, -0.15) is 5.10 Å². The summed E-state index contributed by atoms with van der Waals surface area (Å²) >= 11 is 3.43. The van der Waals surface area contributed by atoms with Crippen LogP contribution in [0.25, 0.3) is 22.5 Å². The SMILES string of the molecule is Oc1ccccc1-c1cc(-c2ccc(Br)cc2)nc(N/N=C/c2ccccc2F)n1. The van der Waals surface area contributed by atoms with E-state index in [1.165, 1.54) is 12.3 Å². The summed E-state index contributed by atoms with van der Waals surface area (Å²) in [6.45, 7) is 0. The molecule has 1 aromatic heterocycles. The molecular formula is C23H16BrFN4O. The normalized spacial score (nSPS) is 11.0. The topological polar surface area (TPSA) is 70.4 Å². The Labute approximate surface area is 181 Å². The zero-order valence-corrected chi connectivity index (χ0v) is 17.2. The van der Waals surface area contributed by atoms with Gasteiger partial charge in [0, 0.05) is 21.2 Å². The van der Waals surface area contributed by atoms with E-state index in [0.717, 1.165) is 10.0 Å². The molecule has 30 heavy (non-hydrogen) atoms. The van der Waals surface area contributed by atoms with Gasteiger partial charge in [0.25, 0.3) is 0 Å². The Bertz CT molecular complexity index is 1210. The van der Waals surface area contributed by atoms with Crippen LogP contribution in [0.4, 0.5) is 10.3 Å². The van der Waals surface area contributed by atoms with Crippen LogP contribution in [0.2, 0.25) is 0 Å². The number of hydrogen-bond acceptors (Lipinski definition) is 5. The predicted octanol–water partition coefficient (Wildman–Crippen LogP) is 5.86. The average molecular weight is 463 g/mol. The molecule has 0 aliphatic rings. The molecule has 0 aliphatic heterocycles. The number of para-hydroxylation sites is 1. The van der Waals surface area contributed by atoms with Crippen molar-refractivity contribution in [2.24, 2.45) is 5.10 Å². The van der Waals surface area contributed by atoms with Crippen LogP contribution in [0, 0.1) is 5.82 Å². The fourth-order valence-corrected chi connectivity index (χ4v) is 3.10. The fraction of sp³-hybridized carbons (Fsp3) is 0. The molecule has 0 aliphatic carbocycles. The lowest BCUT2D eigenvalue weighted by Gasteiger charge is -2.09. The number of benzene rings is 3. The molecule has 4 aromatic rings. The van der Waals surface area contributed by atoms with Crippen molar-refractivity contribution < 1.29 is 9.50 Å². The number of phenols is 1. The minimum absolute atomic E-state index is 0.110. The van der Waals surface area contributed by atoms with Crippen molar-refractivity contribution in [2.45, 2.75) is 0 Å². The van der Waals surface area contributed by atoms with Crippen molar-refractivity contribution in [3.8, 4) is 28.3 Å². The van der Waals surface area contributed by atoms with Crippen LogP contribution in [0.5, 0.6) is 5.75 Å². The summed E-state index contributed by atoms with van der Waals surface area (Å²) in [5, 5.41) is 14.3. The zero-order chi connectivity index (χ0) is 20.9. The molecule has 7 heteroatoms. The second-order valence-corrected chi connectivity index (χ2v) is 7.29. The van der Waals surface area contributed by atoms with Gasteiger partial charge in [-0.05, 0) is 36.4 Å². The van der Waals surface area contributed by atoms with Crippen LogP contribution in [0.1, 0.15) is 5.56 Å². The highest BCUT2D eigenvalue weighted by Gasteiger charge is 2.11. The number of hydrogen-bond donors (Lipinski definition) is 2. The number of nitrogens with zero attached hydrogens (tertiary/aromatic N) is 3. The number of aromatic hydroxyl groups is 1. The Morgan fingerprint density at radius 2 is 1.60 bits per heavy atom. The quantitative estimate of drug-likeness (QED) is 0.287. The van der Waals surface area contributed by atoms with Gasteiger partial charge in [-0.15, -0.1) is 0 Å². The highest BCUT2D eigenvalue weighted by atomic mass is 79.9. The van der Waals surface area contributed by atoms with E-state index in [2.05, 4.69) is 36.4 Å². The van der Waals surface area contributed by atoms with E-state index in [9.17, 15) is 9.50 Å². The highest BCUT2D eigenvalue weighted by molar-refractivity contribution is 9.10. The molecule has 2 N–H and O–H groups in total. The van der Waals surface area contributed by atoms with E-state index in [1.54, 1.807) is 42.5 Å². The van der Waals surface area contributed by atoms with Gasteiger partial charge in [0.15, 0.2) is 0 Å². The van der Waals surface area contributed by atoms with Crippen LogP contribution >= 0.6 is 15.9 Å². The Morgan fingerprint density at radius 1 is 0.900 bits per heavy atom. The molecule has 0 atom stereocenters. The van der Waals surface area contributed by atoms with Crippen molar-refractivity contribution in [1.29, 1.82) is 0 Å². The molecule has 0 saturated heterocycles. The van der Waals surface area contributed by atoms with E-state index in [0.29, 0.717) is 22.5 Å². The molecule has 0 fully saturated rings. The predicted molar refractivity (Wildman–Crippen MR) is 120 cm³/mol. The number of phenolic OH excluding ortho intramolecular Hbond substituents is 1. The fourth-order valence-electron chi connectivity index (χ4n) is 2.83. The summed E-state index contributed by atoms with van der Waals surface area (Å²) in [6.07, 6.45) is 1.37. The second-order valence-electron chi connectivity index (χ2n) is 6.38. The van der Waals surface area contributed by atoms with Crippen molar-refractivity contribution in [2.75, 3.05) is 5.43 Å². The average Bonchev–Trinajstić information content (AvgIpc) is 2.76. The van der Waals surface area contributed by atoms with Crippen LogP contribution < -0.4 is 5.43 Å². The number of rotatable bonds is 5. The van der Waals surface area contributed by atoms with Gasteiger partial charge in [-0.1, -0.05) is 58.4 Å². The third-order valence-electron chi connectivity index (χ3n) is 4.32. The van der Waals surface area contributed by atoms with Gasteiger partial charge in [-0.3, -0.25) is 0 Å². The van der Waals surface area contributed by atoms with Crippen molar-refractivity contribution in [3.63, 3.8) is 0 Å². The van der Waals surface area contributed by atoms with E-state index in [-0.39, 0.29) is 17.5 Å². The lowest BCUT2D eigenvalue weighted by atomic mass is 10.1. The van der Waals surface area contributed by atoms with E-state index in [4.69, 9.17) is 0 Å². The van der Waals surface area contributed by atoms with E-state index >= 15 is 0 Å². The molecule has 148 valence electrons. The second kappa shape index (κ2) is 8.84. The third kappa shape index (κ3) is 4.52. The van der Waals surface area contributed by atoms with Gasteiger partial charge in [0.05, 0.1) is 17.6 Å². The Kier molecular flexibility index (Phi) is 5.81. The maximum atomic E-state index is 13.8. The molecule has 0 bridgehead atoms. The summed E-state index contributed by atoms with van der Waals surface area (Å²) in [4.78, 5) is 8.98. The Balaban J connectivity index is 1.73. The van der Waals surface area contributed by atoms with Crippen molar-refractivity contribution in [1.82, 2.24) is 9.97 Å². The number of aromatic nitrogens is 2. The molecule has 0 radical (unpaired) electrons. The zero-order valence-electron chi connectivity index (χ0n) is 15.6. The lowest BCUT2D eigenvalue weighted by molar-refractivity contribution is 0.477.